The van der Waals surface area contributed by atoms with Crippen molar-refractivity contribution >= 4 is 137 Å². The number of rotatable bonds is 56. The summed E-state index contributed by atoms with van der Waals surface area (Å²) >= 11 is 0.866. The number of aromatic amines is 2. The number of carbonyl (C=O) groups excluding carboxylic acids is 8. The molecule has 45 nitrogen and oxygen atoms in total. The number of carbonyl (C=O) groups is 10. The Morgan fingerprint density at radius 2 is 0.910 bits per heavy atom. The van der Waals surface area contributed by atoms with Crippen LogP contribution in [0.1, 0.15) is 94.3 Å². The second-order valence-corrected chi connectivity index (χ2v) is 32.0. The highest BCUT2D eigenvalue weighted by atomic mass is 32.2. The fourth-order valence-corrected chi connectivity index (χ4v) is 16.5. The maximum atomic E-state index is 13.7. The van der Waals surface area contributed by atoms with E-state index in [1.807, 2.05) is 0 Å². The van der Waals surface area contributed by atoms with Crippen LogP contribution in [0.25, 0.3) is 21.8 Å². The molecular weight excluding hydrogens is 1680 g/mol. The minimum Gasteiger partial charge on any atom is -0.494 e. The number of nitrogens with two attached hydrogens (primary N) is 1. The zero-order chi connectivity index (χ0) is 88.3. The molecule has 49 heteroatoms. The third-order valence-electron chi connectivity index (χ3n) is 18.1. The number of amides is 8. The molecule has 8 aromatic rings. The first-order chi connectivity index (χ1) is 58.4. The van der Waals surface area contributed by atoms with E-state index < -0.39 is 129 Å². The van der Waals surface area contributed by atoms with Gasteiger partial charge in [-0.25, -0.2) is 37.3 Å². The summed E-state index contributed by atoms with van der Waals surface area (Å²) in [5.74, 6) is -7.31. The summed E-state index contributed by atoms with van der Waals surface area (Å²) in [6.45, 7) is 6.77. The summed E-state index contributed by atoms with van der Waals surface area (Å²) in [5.41, 5.74) is 8.89. The number of benzene rings is 4. The average molecular weight is 1780 g/mol. The number of carboxylic acid groups (broad SMARTS) is 2. The lowest BCUT2D eigenvalue weighted by atomic mass is 10.1. The standard InChI is InChI=1S/C73H97N21O24S4/c1-43-31-51(32-44(2)63(43)121(109,110)91-54(70(103)104)39-85-65(98)47-11-14-58-49(35-47)37-87-93(58)27-7-17-79-72-81-23-24-82-72)113-29-5-9-60(95)75-19-21-77-68(101)56(41-119-117-115-107)89-62(97)16-13-53(74)67(100)90-57(42-120-118-116-108)69(102)78-22-20-76-61(96)10-6-30-114-52-33-45(3)64(46(4)34-52)122(111,112)92-55(71(105)106)40-86-66(99)48-12-15-59-50(36-48)38-88-94(59)28-8-18-80-73-83-25-26-84-73/h11-12,14-15,23-26,31-38,53-57,91-92,107-108H,5-10,13,16-22,27-30,39-42,74H2,1-4H3,(H,75,95)(H,76,96)(H,77,101)(H,78,102)(H,85,98)(H,86,99)(H,89,97)(H,90,100)(H,103,104)(H,105,106)(H2,79,81,82)(H2,80,83,84)/t53-,54-,55-,56-,57-/m0/s1. The van der Waals surface area contributed by atoms with Crippen molar-refractivity contribution in [2.45, 2.75) is 132 Å². The summed E-state index contributed by atoms with van der Waals surface area (Å²) in [4.78, 5) is 143. The van der Waals surface area contributed by atoms with Crippen LogP contribution in [-0.4, -0.2) is 244 Å². The predicted octanol–water partition coefficient (Wildman–Crippen LogP) is 1.09. The van der Waals surface area contributed by atoms with E-state index in [0.29, 0.717) is 72.9 Å². The molecule has 0 aliphatic carbocycles. The van der Waals surface area contributed by atoms with E-state index in [2.05, 4.69) is 111 Å². The van der Waals surface area contributed by atoms with Gasteiger partial charge in [-0.3, -0.25) is 57.3 Å². The van der Waals surface area contributed by atoms with Crippen molar-refractivity contribution < 1.29 is 114 Å². The number of aryl methyl sites for hydroxylation is 6. The minimum absolute atomic E-state index is 0.00642. The maximum Gasteiger partial charge on any atom is 0.323 e. The van der Waals surface area contributed by atoms with Gasteiger partial charge >= 0.3 is 11.9 Å². The third-order valence-corrected chi connectivity index (χ3v) is 22.9. The van der Waals surface area contributed by atoms with Gasteiger partial charge in [-0.15, -0.1) is 8.67 Å². The van der Waals surface area contributed by atoms with E-state index in [-0.39, 0.29) is 138 Å². The summed E-state index contributed by atoms with van der Waals surface area (Å²) in [6.07, 6.45) is 10.9. The van der Waals surface area contributed by atoms with E-state index >= 15 is 0 Å². The molecule has 0 unspecified atom stereocenters. The first-order valence-electron chi connectivity index (χ1n) is 38.0. The number of imidazole rings is 2. The average Bonchev–Trinajstić information content (AvgIpc) is 1.19. The molecule has 20 N–H and O–H groups in total. The summed E-state index contributed by atoms with van der Waals surface area (Å²) < 4.78 is 83.2. The molecule has 0 aliphatic rings. The van der Waals surface area contributed by atoms with Crippen molar-refractivity contribution in [2.75, 3.05) is 87.7 Å². The van der Waals surface area contributed by atoms with Crippen LogP contribution in [-0.2, 0) is 90.2 Å². The smallest absolute Gasteiger partial charge is 0.323 e. The number of nitrogens with one attached hydrogen (secondary N) is 14. The predicted molar refractivity (Wildman–Crippen MR) is 440 cm³/mol. The number of hydrogen-bond acceptors (Lipinski definition) is 31. The number of fused-ring (bicyclic) bond motifs is 2. The highest BCUT2D eigenvalue weighted by molar-refractivity contribution is 7.94. The molecule has 122 heavy (non-hydrogen) atoms. The monoisotopic (exact) mass is 1780 g/mol. The van der Waals surface area contributed by atoms with E-state index in [0.717, 1.165) is 23.9 Å². The van der Waals surface area contributed by atoms with Crippen molar-refractivity contribution in [3.63, 3.8) is 0 Å². The lowest BCUT2D eigenvalue weighted by molar-refractivity contribution is -0.432. The van der Waals surface area contributed by atoms with Crippen molar-refractivity contribution in [1.82, 2.24) is 91.5 Å². The molecule has 0 aliphatic heterocycles. The Hall–Kier alpha value is -11.6. The van der Waals surface area contributed by atoms with Gasteiger partial charge in [0, 0.05) is 155 Å². The van der Waals surface area contributed by atoms with Crippen molar-refractivity contribution in [2.24, 2.45) is 5.73 Å². The summed E-state index contributed by atoms with van der Waals surface area (Å²) in [5, 5.41) is 81.2. The number of H-pyrrole nitrogens is 2. The number of aliphatic carboxylic acids is 2. The Kier molecular flexibility index (Phi) is 37.8. The zero-order valence-electron chi connectivity index (χ0n) is 66.5. The Morgan fingerprint density at radius 1 is 0.500 bits per heavy atom. The van der Waals surface area contributed by atoms with Crippen LogP contribution in [0.3, 0.4) is 0 Å². The topological polar surface area (TPSA) is 639 Å². The van der Waals surface area contributed by atoms with Crippen LogP contribution < -0.4 is 77.8 Å². The molecule has 4 heterocycles. The molecule has 4 aromatic heterocycles. The van der Waals surface area contributed by atoms with E-state index in [4.69, 9.17) is 25.7 Å². The number of aromatic nitrogens is 8. The van der Waals surface area contributed by atoms with Crippen LogP contribution in [0.5, 0.6) is 11.5 Å². The molecule has 8 amide bonds. The number of carboxylic acids is 2. The lowest BCUT2D eigenvalue weighted by Gasteiger charge is -2.20. The van der Waals surface area contributed by atoms with Crippen molar-refractivity contribution in [3.05, 3.63) is 131 Å². The van der Waals surface area contributed by atoms with Gasteiger partial charge in [0.05, 0.1) is 64.0 Å². The van der Waals surface area contributed by atoms with E-state index in [1.54, 1.807) is 82.9 Å². The molecule has 0 saturated carbocycles. The Bertz CT molecular complexity index is 5070. The van der Waals surface area contributed by atoms with Gasteiger partial charge in [-0.2, -0.15) is 19.6 Å². The molecule has 0 spiro atoms. The minimum atomic E-state index is -4.49. The quantitative estimate of drug-likeness (QED) is 0.0110. The highest BCUT2D eigenvalue weighted by Gasteiger charge is 2.33. The van der Waals surface area contributed by atoms with Gasteiger partial charge in [-0.05, 0) is 143 Å². The third kappa shape index (κ3) is 30.2. The largest absolute Gasteiger partial charge is 0.494 e. The molecule has 0 fully saturated rings. The molecule has 8 rings (SSSR count). The van der Waals surface area contributed by atoms with Gasteiger partial charge in [0.15, 0.2) is 11.9 Å². The van der Waals surface area contributed by atoms with E-state index in [1.165, 1.54) is 52.0 Å². The van der Waals surface area contributed by atoms with Gasteiger partial charge in [0.2, 0.25) is 55.5 Å². The Labute approximate surface area is 706 Å². The fraction of sp³-hybridized carbons (Fsp3) is 0.425. The second-order valence-electron chi connectivity index (χ2n) is 27.3. The Morgan fingerprint density at radius 3 is 1.30 bits per heavy atom. The number of anilines is 2. The van der Waals surface area contributed by atoms with Crippen LogP contribution in [0, 0.1) is 27.7 Å². The maximum absolute atomic E-state index is 13.7. The fourth-order valence-electron chi connectivity index (χ4n) is 12.3. The van der Waals surface area contributed by atoms with Gasteiger partial charge in [0.1, 0.15) is 35.7 Å². The number of ether oxygens (including phenoxy) is 2. The van der Waals surface area contributed by atoms with Crippen LogP contribution >= 0.6 is 24.1 Å². The first-order valence-corrected chi connectivity index (χ1v) is 42.8. The molecule has 5 atom stereocenters. The van der Waals surface area contributed by atoms with Gasteiger partial charge in [0.25, 0.3) is 11.8 Å². The lowest BCUT2D eigenvalue weighted by Crippen LogP contribution is -2.53. The van der Waals surface area contributed by atoms with Crippen molar-refractivity contribution in [1.29, 1.82) is 0 Å². The molecule has 4 aromatic carbocycles. The zero-order valence-corrected chi connectivity index (χ0v) is 69.8. The molecule has 0 saturated heterocycles. The van der Waals surface area contributed by atoms with Crippen LogP contribution in [0.4, 0.5) is 11.9 Å². The van der Waals surface area contributed by atoms with Gasteiger partial charge in [-0.1, -0.05) is 10.1 Å². The number of sulfonamides is 2. The van der Waals surface area contributed by atoms with Crippen molar-refractivity contribution in [3.8, 4) is 11.5 Å². The van der Waals surface area contributed by atoms with Crippen LogP contribution in [0.2, 0.25) is 0 Å². The van der Waals surface area contributed by atoms with E-state index in [9.17, 15) is 75.0 Å². The van der Waals surface area contributed by atoms with Gasteiger partial charge < -0.3 is 88.6 Å². The molecule has 0 radical (unpaired) electrons. The summed E-state index contributed by atoms with van der Waals surface area (Å²) in [7, 11) is -8.98. The number of nitrogens with zero attached hydrogens (tertiary/aromatic N) is 6. The highest BCUT2D eigenvalue weighted by Crippen LogP contribution is 2.29. The summed E-state index contributed by atoms with van der Waals surface area (Å²) in [6, 6.07) is 7.81. The Balaban J connectivity index is 0.681. The molecule has 0 bridgehead atoms. The second kappa shape index (κ2) is 48.1. The SMILES string of the molecule is Cc1cc(OCCCC(=O)NCCNC(=O)[C@H](CSOOO)NC(=O)CC[C@H](N)C(=O)N[C@@H](CSOOO)C(=O)NCCNC(=O)CCCOc2cc(C)c(S(=O)(=O)N[C@@H](CNC(=O)c3ccc4c(cnn4CCCNc4ncc[nH]4)c3)C(=O)O)c(C)c2)cc(C)c1S(=O)(=O)N[C@@H](CNC(=O)c1ccc2c(cnn2CCCNc2ncc[nH]2)c1)C(=O)O. The normalized spacial score (nSPS) is 12.7. The first kappa shape index (κ1) is 95.8. The molecule has 662 valence electrons. The number of hydrogen-bond donors (Lipinski definition) is 19. The van der Waals surface area contributed by atoms with Crippen LogP contribution in [0.15, 0.2) is 108 Å². The molecular formula is C73H97N21O24S4.